The molecule has 2 aromatic carbocycles. The van der Waals surface area contributed by atoms with Gasteiger partial charge in [-0.1, -0.05) is 29.8 Å². The first-order chi connectivity index (χ1) is 9.49. The highest BCUT2D eigenvalue weighted by Gasteiger charge is 2.18. The molecule has 0 saturated carbocycles. The van der Waals surface area contributed by atoms with E-state index >= 15 is 0 Å². The molecule has 0 bridgehead atoms. The molecule has 0 spiro atoms. The second-order valence-electron chi connectivity index (χ2n) is 4.12. The zero-order valence-corrected chi connectivity index (χ0v) is 10.4. The summed E-state index contributed by atoms with van der Waals surface area (Å²) in [5, 5.41) is 3.56. The molecular formula is C14H10F4N2. The van der Waals surface area contributed by atoms with Crippen molar-refractivity contribution in [1.82, 2.24) is 0 Å². The Kier molecular flexibility index (Phi) is 4.02. The molecule has 0 aliphatic carbocycles. The monoisotopic (exact) mass is 282 g/mol. The smallest absolute Gasteiger partial charge is 0.186 e. The largest absolute Gasteiger partial charge is 0.272 e. The van der Waals surface area contributed by atoms with Crippen LogP contribution >= 0.6 is 0 Å². The Morgan fingerprint density at radius 2 is 1.50 bits per heavy atom. The van der Waals surface area contributed by atoms with Gasteiger partial charge in [0.15, 0.2) is 23.3 Å². The first-order valence-corrected chi connectivity index (χ1v) is 5.68. The van der Waals surface area contributed by atoms with Gasteiger partial charge in [-0.3, -0.25) is 5.43 Å². The Morgan fingerprint density at radius 1 is 0.950 bits per heavy atom. The number of nitrogens with one attached hydrogen (secondary N) is 1. The van der Waals surface area contributed by atoms with Gasteiger partial charge < -0.3 is 0 Å². The predicted molar refractivity (Wildman–Crippen MR) is 68.7 cm³/mol. The first kappa shape index (κ1) is 14.0. The normalized spacial score (nSPS) is 11.1. The fourth-order valence-corrected chi connectivity index (χ4v) is 1.50. The van der Waals surface area contributed by atoms with Crippen LogP contribution in [0.4, 0.5) is 23.2 Å². The minimum atomic E-state index is -1.52. The van der Waals surface area contributed by atoms with Crippen LogP contribution in [0.25, 0.3) is 0 Å². The van der Waals surface area contributed by atoms with E-state index in [1.165, 1.54) is 6.21 Å². The zero-order chi connectivity index (χ0) is 14.7. The van der Waals surface area contributed by atoms with Crippen molar-refractivity contribution in [2.24, 2.45) is 5.10 Å². The van der Waals surface area contributed by atoms with Gasteiger partial charge >= 0.3 is 0 Å². The van der Waals surface area contributed by atoms with E-state index in [9.17, 15) is 17.6 Å². The van der Waals surface area contributed by atoms with Gasteiger partial charge in [0.2, 0.25) is 0 Å². The molecule has 0 fully saturated rings. The van der Waals surface area contributed by atoms with Gasteiger partial charge in [-0.05, 0) is 12.5 Å². The lowest BCUT2D eigenvalue weighted by molar-refractivity contribution is 0.458. The van der Waals surface area contributed by atoms with Gasteiger partial charge in [0.25, 0.3) is 0 Å². The van der Waals surface area contributed by atoms with Crippen molar-refractivity contribution in [1.29, 1.82) is 0 Å². The second kappa shape index (κ2) is 5.73. The lowest BCUT2D eigenvalue weighted by Gasteiger charge is -2.05. The van der Waals surface area contributed by atoms with Gasteiger partial charge in [0.1, 0.15) is 5.69 Å². The molecule has 6 heteroatoms. The molecule has 0 heterocycles. The van der Waals surface area contributed by atoms with E-state index in [4.69, 9.17) is 0 Å². The lowest BCUT2D eigenvalue weighted by atomic mass is 10.2. The highest BCUT2D eigenvalue weighted by molar-refractivity contribution is 5.80. The Bertz CT molecular complexity index is 625. The van der Waals surface area contributed by atoms with Gasteiger partial charge in [0, 0.05) is 6.07 Å². The highest BCUT2D eigenvalue weighted by atomic mass is 19.2. The minimum Gasteiger partial charge on any atom is -0.272 e. The molecule has 0 radical (unpaired) electrons. The lowest BCUT2D eigenvalue weighted by Crippen LogP contribution is -2.02. The number of hydrogen-bond donors (Lipinski definition) is 1. The molecule has 1 N–H and O–H groups in total. The molecule has 0 saturated heterocycles. The van der Waals surface area contributed by atoms with Crippen molar-refractivity contribution >= 4 is 11.9 Å². The summed E-state index contributed by atoms with van der Waals surface area (Å²) in [6.45, 7) is 1.90. The minimum absolute atomic E-state index is 0.138. The maximum Gasteiger partial charge on any atom is 0.186 e. The summed E-state index contributed by atoms with van der Waals surface area (Å²) in [4.78, 5) is 0. The maximum absolute atomic E-state index is 13.3. The van der Waals surface area contributed by atoms with Crippen LogP contribution in [-0.2, 0) is 0 Å². The highest BCUT2D eigenvalue weighted by Crippen LogP contribution is 2.23. The van der Waals surface area contributed by atoms with Crippen molar-refractivity contribution < 1.29 is 17.6 Å². The third-order valence-corrected chi connectivity index (χ3v) is 2.58. The van der Waals surface area contributed by atoms with E-state index in [2.05, 4.69) is 5.10 Å². The third-order valence-electron chi connectivity index (χ3n) is 2.58. The standard InChI is InChI=1S/C14H10F4N2/c1-8-2-4-9(5-3-8)7-19-20-14-12(17)10(15)6-11(16)13(14)18/h2-7,20H,1H3/b19-7+. The van der Waals surface area contributed by atoms with Crippen LogP contribution in [0.1, 0.15) is 11.1 Å². The number of hydrogen-bond acceptors (Lipinski definition) is 2. The number of rotatable bonds is 3. The Morgan fingerprint density at radius 3 is 2.05 bits per heavy atom. The molecule has 20 heavy (non-hydrogen) atoms. The van der Waals surface area contributed by atoms with Crippen molar-refractivity contribution in [3.05, 3.63) is 64.7 Å². The van der Waals surface area contributed by atoms with Gasteiger partial charge in [-0.15, -0.1) is 0 Å². The maximum atomic E-state index is 13.3. The summed E-state index contributed by atoms with van der Waals surface area (Å²) in [6, 6.07) is 7.26. The summed E-state index contributed by atoms with van der Waals surface area (Å²) < 4.78 is 52.5. The Hall–Kier alpha value is -2.37. The Labute approximate surface area is 112 Å². The van der Waals surface area contributed by atoms with Crippen LogP contribution in [0, 0.1) is 30.2 Å². The van der Waals surface area contributed by atoms with Crippen molar-refractivity contribution in [2.75, 3.05) is 5.43 Å². The van der Waals surface area contributed by atoms with Crippen LogP contribution in [-0.4, -0.2) is 6.21 Å². The van der Waals surface area contributed by atoms with E-state index in [1.807, 2.05) is 24.5 Å². The topological polar surface area (TPSA) is 24.4 Å². The molecule has 104 valence electrons. The average Bonchev–Trinajstić information content (AvgIpc) is 2.42. The quantitative estimate of drug-likeness (QED) is 0.391. The molecule has 0 aliphatic rings. The van der Waals surface area contributed by atoms with E-state index < -0.39 is 29.0 Å². The zero-order valence-electron chi connectivity index (χ0n) is 10.4. The van der Waals surface area contributed by atoms with E-state index in [0.717, 1.165) is 5.56 Å². The molecule has 0 atom stereocenters. The number of aryl methyl sites for hydroxylation is 1. The summed E-state index contributed by atoms with van der Waals surface area (Å²) in [5.74, 6) is -6.02. The van der Waals surface area contributed by atoms with Gasteiger partial charge in [-0.25, -0.2) is 17.6 Å². The number of halogens is 4. The first-order valence-electron chi connectivity index (χ1n) is 5.68. The average molecular weight is 282 g/mol. The van der Waals surface area contributed by atoms with Crippen molar-refractivity contribution in [3.63, 3.8) is 0 Å². The van der Waals surface area contributed by atoms with E-state index in [0.29, 0.717) is 5.56 Å². The van der Waals surface area contributed by atoms with Gasteiger partial charge in [-0.2, -0.15) is 5.10 Å². The Balaban J connectivity index is 2.21. The van der Waals surface area contributed by atoms with E-state index in [1.54, 1.807) is 12.1 Å². The van der Waals surface area contributed by atoms with Crippen LogP contribution in [0.2, 0.25) is 0 Å². The van der Waals surface area contributed by atoms with Crippen molar-refractivity contribution in [3.8, 4) is 0 Å². The van der Waals surface area contributed by atoms with E-state index in [-0.39, 0.29) is 6.07 Å². The second-order valence-corrected chi connectivity index (χ2v) is 4.12. The predicted octanol–water partition coefficient (Wildman–Crippen LogP) is 4.00. The van der Waals surface area contributed by atoms with Crippen LogP contribution in [0.15, 0.2) is 35.4 Å². The van der Waals surface area contributed by atoms with Crippen LogP contribution < -0.4 is 5.43 Å². The van der Waals surface area contributed by atoms with Crippen molar-refractivity contribution in [2.45, 2.75) is 6.92 Å². The molecule has 2 aromatic rings. The fraction of sp³-hybridized carbons (Fsp3) is 0.0714. The summed E-state index contributed by atoms with van der Waals surface area (Å²) in [7, 11) is 0. The molecule has 2 nitrogen and oxygen atoms in total. The molecule has 2 rings (SSSR count). The SMILES string of the molecule is Cc1ccc(/C=N/Nc2c(F)c(F)cc(F)c2F)cc1. The third kappa shape index (κ3) is 2.96. The molecule has 0 amide bonds. The molecule has 0 unspecified atom stereocenters. The van der Waals surface area contributed by atoms with Crippen LogP contribution in [0.3, 0.4) is 0 Å². The number of hydrazone groups is 1. The van der Waals surface area contributed by atoms with Gasteiger partial charge in [0.05, 0.1) is 6.21 Å². The number of anilines is 1. The molecule has 0 aliphatic heterocycles. The summed E-state index contributed by atoms with van der Waals surface area (Å²) in [5.41, 5.74) is 2.71. The molecular weight excluding hydrogens is 272 g/mol. The summed E-state index contributed by atoms with van der Waals surface area (Å²) >= 11 is 0. The number of benzene rings is 2. The fourth-order valence-electron chi connectivity index (χ4n) is 1.50. The summed E-state index contributed by atoms with van der Waals surface area (Å²) in [6.07, 6.45) is 1.28. The van der Waals surface area contributed by atoms with Crippen LogP contribution in [0.5, 0.6) is 0 Å². The number of nitrogens with zero attached hydrogens (tertiary/aromatic N) is 1. The molecule has 0 aromatic heterocycles.